The monoisotopic (exact) mass is 154 g/mol. The predicted molar refractivity (Wildman–Crippen MR) is 45.5 cm³/mol. The lowest BCUT2D eigenvalue weighted by molar-refractivity contribution is 0.165. The van der Waals surface area contributed by atoms with Gasteiger partial charge in [-0.3, -0.25) is 0 Å². The van der Waals surface area contributed by atoms with Gasteiger partial charge in [-0.1, -0.05) is 13.8 Å². The van der Waals surface area contributed by atoms with E-state index in [0.717, 1.165) is 12.5 Å². The second-order valence-corrected chi connectivity index (χ2v) is 4.87. The molecule has 0 aromatic heterocycles. The third-order valence-electron chi connectivity index (χ3n) is 3.27. The molecule has 0 aromatic rings. The Morgan fingerprint density at radius 1 is 1.18 bits per heavy atom. The molecule has 0 unspecified atom stereocenters. The molecule has 2 fully saturated rings. The van der Waals surface area contributed by atoms with Crippen LogP contribution in [-0.2, 0) is 4.74 Å². The summed E-state index contributed by atoms with van der Waals surface area (Å²) in [5.41, 5.74) is 0.616. The Hall–Kier alpha value is -0.0400. The van der Waals surface area contributed by atoms with Crippen molar-refractivity contribution in [1.82, 2.24) is 0 Å². The van der Waals surface area contributed by atoms with Crippen molar-refractivity contribution in [3.63, 3.8) is 0 Å². The van der Waals surface area contributed by atoms with E-state index in [2.05, 4.69) is 13.8 Å². The van der Waals surface area contributed by atoms with E-state index in [1.165, 1.54) is 25.7 Å². The first kappa shape index (κ1) is 7.60. The Kier molecular flexibility index (Phi) is 1.71. The van der Waals surface area contributed by atoms with E-state index < -0.39 is 0 Å². The zero-order valence-corrected chi connectivity index (χ0v) is 7.60. The highest BCUT2D eigenvalue weighted by atomic mass is 16.6. The summed E-state index contributed by atoms with van der Waals surface area (Å²) in [7, 11) is 0. The molecule has 1 atom stereocenters. The van der Waals surface area contributed by atoms with Crippen molar-refractivity contribution >= 4 is 0 Å². The number of hydrogen-bond donors (Lipinski definition) is 0. The summed E-state index contributed by atoms with van der Waals surface area (Å²) in [5.74, 6) is 0.906. The molecule has 1 aliphatic carbocycles. The van der Waals surface area contributed by atoms with Crippen molar-refractivity contribution < 1.29 is 4.74 Å². The fourth-order valence-corrected chi connectivity index (χ4v) is 2.12. The lowest BCUT2D eigenvalue weighted by Gasteiger charge is -2.33. The average Bonchev–Trinajstić information content (AvgIpc) is 2.70. The van der Waals surface area contributed by atoms with Crippen LogP contribution in [-0.4, -0.2) is 12.7 Å². The highest BCUT2D eigenvalue weighted by Gasteiger charge is 2.37. The van der Waals surface area contributed by atoms with E-state index in [1.54, 1.807) is 0 Å². The van der Waals surface area contributed by atoms with Gasteiger partial charge in [-0.25, -0.2) is 0 Å². The van der Waals surface area contributed by atoms with Crippen LogP contribution in [0.2, 0.25) is 0 Å². The summed E-state index contributed by atoms with van der Waals surface area (Å²) in [5, 5.41) is 0. The highest BCUT2D eigenvalue weighted by Crippen LogP contribution is 2.41. The van der Waals surface area contributed by atoms with Gasteiger partial charge in [0, 0.05) is 0 Å². The Bertz CT molecular complexity index is 137. The fraction of sp³-hybridized carbons (Fsp3) is 1.00. The lowest BCUT2D eigenvalue weighted by Crippen LogP contribution is -2.23. The zero-order valence-electron chi connectivity index (χ0n) is 7.60. The van der Waals surface area contributed by atoms with Crippen molar-refractivity contribution in [1.29, 1.82) is 0 Å². The number of rotatable bonds is 1. The maximum atomic E-state index is 5.32. The van der Waals surface area contributed by atoms with Crippen LogP contribution in [0.5, 0.6) is 0 Å². The topological polar surface area (TPSA) is 12.5 Å². The van der Waals surface area contributed by atoms with E-state index in [0.29, 0.717) is 11.5 Å². The average molecular weight is 154 g/mol. The molecule has 2 aliphatic rings. The zero-order chi connectivity index (χ0) is 7.90. The number of ether oxygens (including phenoxy) is 1. The number of hydrogen-bond acceptors (Lipinski definition) is 1. The molecule has 0 amide bonds. The fourth-order valence-electron chi connectivity index (χ4n) is 2.12. The molecule has 0 aromatic carbocycles. The largest absolute Gasteiger partial charge is 0.373 e. The summed E-state index contributed by atoms with van der Waals surface area (Å²) >= 11 is 0. The predicted octanol–water partition coefficient (Wildman–Crippen LogP) is 2.60. The van der Waals surface area contributed by atoms with Crippen LogP contribution < -0.4 is 0 Å². The van der Waals surface area contributed by atoms with E-state index in [-0.39, 0.29) is 0 Å². The van der Waals surface area contributed by atoms with Crippen molar-refractivity contribution in [2.24, 2.45) is 11.3 Å². The normalized spacial score (nSPS) is 37.1. The van der Waals surface area contributed by atoms with E-state index in [1.807, 2.05) is 0 Å². The van der Waals surface area contributed by atoms with Gasteiger partial charge < -0.3 is 4.74 Å². The van der Waals surface area contributed by atoms with Crippen LogP contribution in [0.1, 0.15) is 39.5 Å². The van der Waals surface area contributed by atoms with Crippen LogP contribution in [0.25, 0.3) is 0 Å². The van der Waals surface area contributed by atoms with Crippen molar-refractivity contribution in [3.8, 4) is 0 Å². The molecule has 11 heavy (non-hydrogen) atoms. The van der Waals surface area contributed by atoms with Gasteiger partial charge in [0.25, 0.3) is 0 Å². The summed E-state index contributed by atoms with van der Waals surface area (Å²) in [6.07, 6.45) is 6.26. The van der Waals surface area contributed by atoms with Gasteiger partial charge in [0.2, 0.25) is 0 Å². The quantitative estimate of drug-likeness (QED) is 0.529. The summed E-state index contributed by atoms with van der Waals surface area (Å²) in [6.45, 7) is 5.82. The minimum absolute atomic E-state index is 0.616. The van der Waals surface area contributed by atoms with Crippen molar-refractivity contribution in [2.75, 3.05) is 6.61 Å². The maximum absolute atomic E-state index is 5.32. The molecule has 1 aliphatic heterocycles. The summed E-state index contributed by atoms with van der Waals surface area (Å²) in [6, 6.07) is 0. The number of epoxide rings is 1. The highest BCUT2D eigenvalue weighted by molar-refractivity contribution is 4.86. The molecule has 1 nitrogen and oxygen atoms in total. The Morgan fingerprint density at radius 3 is 2.18 bits per heavy atom. The van der Waals surface area contributed by atoms with E-state index in [4.69, 9.17) is 4.74 Å². The Labute approximate surface area is 69.1 Å². The molecule has 0 spiro atoms. The SMILES string of the molecule is CC1(C)CCC([C@@H]2CO2)CC1. The van der Waals surface area contributed by atoms with Crippen LogP contribution in [0.15, 0.2) is 0 Å². The molecule has 1 heterocycles. The van der Waals surface area contributed by atoms with Gasteiger partial charge in [-0.2, -0.15) is 0 Å². The van der Waals surface area contributed by atoms with Gasteiger partial charge in [0.1, 0.15) is 0 Å². The molecule has 2 rings (SSSR count). The summed E-state index contributed by atoms with van der Waals surface area (Å²) in [4.78, 5) is 0. The standard InChI is InChI=1S/C10H18O/c1-10(2)5-3-8(4-6-10)9-7-11-9/h8-9H,3-7H2,1-2H3/t9-/m0/s1. The minimum atomic E-state index is 0.616. The van der Waals surface area contributed by atoms with Gasteiger partial charge >= 0.3 is 0 Å². The molecule has 0 bridgehead atoms. The van der Waals surface area contributed by atoms with Crippen molar-refractivity contribution in [3.05, 3.63) is 0 Å². The second-order valence-electron chi connectivity index (χ2n) is 4.87. The third-order valence-corrected chi connectivity index (χ3v) is 3.27. The van der Waals surface area contributed by atoms with Crippen LogP contribution in [0, 0.1) is 11.3 Å². The van der Waals surface area contributed by atoms with E-state index in [9.17, 15) is 0 Å². The second kappa shape index (κ2) is 2.48. The molecule has 1 saturated carbocycles. The first-order valence-electron chi connectivity index (χ1n) is 4.79. The Balaban J connectivity index is 1.84. The third kappa shape index (κ3) is 1.76. The molecular weight excluding hydrogens is 136 g/mol. The maximum Gasteiger partial charge on any atom is 0.0838 e. The molecule has 1 heteroatoms. The van der Waals surface area contributed by atoms with Crippen LogP contribution in [0.4, 0.5) is 0 Å². The van der Waals surface area contributed by atoms with Gasteiger partial charge in [-0.05, 0) is 37.0 Å². The lowest BCUT2D eigenvalue weighted by atomic mass is 9.72. The van der Waals surface area contributed by atoms with Crippen LogP contribution >= 0.6 is 0 Å². The molecule has 0 N–H and O–H groups in total. The molecule has 64 valence electrons. The molecule has 1 saturated heterocycles. The van der Waals surface area contributed by atoms with Gasteiger partial charge in [-0.15, -0.1) is 0 Å². The van der Waals surface area contributed by atoms with Crippen molar-refractivity contribution in [2.45, 2.75) is 45.6 Å². The Morgan fingerprint density at radius 2 is 1.73 bits per heavy atom. The van der Waals surface area contributed by atoms with Crippen LogP contribution in [0.3, 0.4) is 0 Å². The van der Waals surface area contributed by atoms with Gasteiger partial charge in [0.05, 0.1) is 12.7 Å². The van der Waals surface area contributed by atoms with E-state index >= 15 is 0 Å². The molecule has 0 radical (unpaired) electrons. The van der Waals surface area contributed by atoms with Gasteiger partial charge in [0.15, 0.2) is 0 Å². The smallest absolute Gasteiger partial charge is 0.0838 e. The first-order chi connectivity index (χ1) is 5.17. The molecular formula is C10H18O. The minimum Gasteiger partial charge on any atom is -0.373 e. The summed E-state index contributed by atoms with van der Waals surface area (Å²) < 4.78 is 5.32. The first-order valence-corrected chi connectivity index (χ1v) is 4.79.